The lowest BCUT2D eigenvalue weighted by atomic mass is 9.98. The minimum atomic E-state index is -0.501. The van der Waals surface area contributed by atoms with Crippen LogP contribution in [0.1, 0.15) is 30.5 Å². The molecule has 20 heavy (non-hydrogen) atoms. The van der Waals surface area contributed by atoms with Crippen LogP contribution in [0.2, 0.25) is 0 Å². The van der Waals surface area contributed by atoms with Gasteiger partial charge in [0.25, 0.3) is 0 Å². The molecule has 0 unspecified atom stereocenters. The summed E-state index contributed by atoms with van der Waals surface area (Å²) in [4.78, 5) is 12.9. The Balaban J connectivity index is 2.39. The molecule has 110 valence electrons. The fourth-order valence-electron chi connectivity index (χ4n) is 2.86. The highest BCUT2D eigenvalue weighted by Gasteiger charge is 2.28. The Labute approximate surface area is 118 Å². The van der Waals surface area contributed by atoms with Gasteiger partial charge in [-0.2, -0.15) is 0 Å². The molecule has 1 aromatic carbocycles. The molecule has 0 radical (unpaired) electrons. The minimum absolute atomic E-state index is 0.0244. The number of nitro benzene ring substituents is 1. The zero-order valence-electron chi connectivity index (χ0n) is 11.9. The topological polar surface area (TPSA) is 78.6 Å². The van der Waals surface area contributed by atoms with Crippen molar-refractivity contribution in [1.82, 2.24) is 10.2 Å². The fraction of sp³-hybridized carbons (Fsp3) is 0.571. The third-order valence-electron chi connectivity index (χ3n) is 3.90. The summed E-state index contributed by atoms with van der Waals surface area (Å²) in [5.74, 6) is -0.180. The molecule has 2 rings (SSSR count). The van der Waals surface area contributed by atoms with Gasteiger partial charge in [-0.15, -0.1) is 0 Å². The lowest BCUT2D eigenvalue weighted by Gasteiger charge is -2.34. The standard InChI is InChI=1S/C14H21N3O3/c1-3-12(16-8-6-15-7-9-16)11-5-4-10(2)13(14(11)18)17(19)20/h4-5,12,15,18H,3,6-9H2,1-2H3/t12-/m0/s1. The quantitative estimate of drug-likeness (QED) is 0.650. The Morgan fingerprint density at radius 1 is 1.45 bits per heavy atom. The van der Waals surface area contributed by atoms with Gasteiger partial charge < -0.3 is 10.4 Å². The van der Waals surface area contributed by atoms with Crippen molar-refractivity contribution >= 4 is 5.69 Å². The summed E-state index contributed by atoms with van der Waals surface area (Å²) >= 11 is 0. The Morgan fingerprint density at radius 2 is 2.10 bits per heavy atom. The van der Waals surface area contributed by atoms with E-state index in [1.54, 1.807) is 13.0 Å². The molecular weight excluding hydrogens is 258 g/mol. The summed E-state index contributed by atoms with van der Waals surface area (Å²) in [6.45, 7) is 7.28. The maximum Gasteiger partial charge on any atom is 0.313 e. The summed E-state index contributed by atoms with van der Waals surface area (Å²) in [6, 6.07) is 3.56. The van der Waals surface area contributed by atoms with Crippen molar-refractivity contribution in [3.05, 3.63) is 33.4 Å². The Morgan fingerprint density at radius 3 is 2.65 bits per heavy atom. The van der Waals surface area contributed by atoms with E-state index in [1.807, 2.05) is 13.0 Å². The number of rotatable bonds is 4. The van der Waals surface area contributed by atoms with Gasteiger partial charge >= 0.3 is 5.69 Å². The number of phenols is 1. The molecule has 2 N–H and O–H groups in total. The van der Waals surface area contributed by atoms with Crippen molar-refractivity contribution in [3.8, 4) is 5.75 Å². The van der Waals surface area contributed by atoms with E-state index < -0.39 is 4.92 Å². The van der Waals surface area contributed by atoms with Gasteiger partial charge in [0.15, 0.2) is 5.75 Å². The molecule has 1 saturated heterocycles. The van der Waals surface area contributed by atoms with Gasteiger partial charge in [0.1, 0.15) is 0 Å². The lowest BCUT2D eigenvalue weighted by molar-refractivity contribution is -0.386. The molecule has 1 atom stereocenters. The number of nitrogens with zero attached hydrogens (tertiary/aromatic N) is 2. The molecule has 6 heteroatoms. The number of hydrogen-bond donors (Lipinski definition) is 2. The summed E-state index contributed by atoms with van der Waals surface area (Å²) in [7, 11) is 0. The smallest absolute Gasteiger partial charge is 0.313 e. The minimum Gasteiger partial charge on any atom is -0.502 e. The second-order valence-corrected chi connectivity index (χ2v) is 5.14. The van der Waals surface area contributed by atoms with Crippen molar-refractivity contribution in [2.24, 2.45) is 0 Å². The molecule has 0 bridgehead atoms. The van der Waals surface area contributed by atoms with Crippen molar-refractivity contribution < 1.29 is 10.0 Å². The fourth-order valence-corrected chi connectivity index (χ4v) is 2.86. The van der Waals surface area contributed by atoms with Gasteiger partial charge in [0.05, 0.1) is 4.92 Å². The van der Waals surface area contributed by atoms with Crippen LogP contribution in [-0.2, 0) is 0 Å². The predicted molar refractivity (Wildman–Crippen MR) is 77.0 cm³/mol. The van der Waals surface area contributed by atoms with Gasteiger partial charge in [-0.25, -0.2) is 0 Å². The van der Waals surface area contributed by atoms with Crippen molar-refractivity contribution in [1.29, 1.82) is 0 Å². The van der Waals surface area contributed by atoms with Crippen LogP contribution in [0, 0.1) is 17.0 Å². The number of benzene rings is 1. The van der Waals surface area contributed by atoms with Gasteiger partial charge in [-0.1, -0.05) is 19.1 Å². The highest BCUT2D eigenvalue weighted by Crippen LogP contribution is 2.39. The van der Waals surface area contributed by atoms with Crippen LogP contribution >= 0.6 is 0 Å². The largest absolute Gasteiger partial charge is 0.502 e. The average Bonchev–Trinajstić information content (AvgIpc) is 2.43. The van der Waals surface area contributed by atoms with Crippen molar-refractivity contribution in [2.75, 3.05) is 26.2 Å². The molecule has 1 aliphatic heterocycles. The summed E-state index contributed by atoms with van der Waals surface area (Å²) < 4.78 is 0. The molecule has 0 amide bonds. The van der Waals surface area contributed by atoms with Crippen LogP contribution in [0.4, 0.5) is 5.69 Å². The molecular formula is C14H21N3O3. The van der Waals surface area contributed by atoms with Gasteiger partial charge in [0, 0.05) is 43.3 Å². The van der Waals surface area contributed by atoms with Crippen LogP contribution in [0.15, 0.2) is 12.1 Å². The normalized spacial score (nSPS) is 17.9. The Kier molecular flexibility index (Phi) is 4.57. The summed E-state index contributed by atoms with van der Waals surface area (Å²) in [5, 5.41) is 24.7. The van der Waals surface area contributed by atoms with Crippen LogP contribution in [0.5, 0.6) is 5.75 Å². The molecule has 0 spiro atoms. The van der Waals surface area contributed by atoms with Crippen LogP contribution in [0.3, 0.4) is 0 Å². The second-order valence-electron chi connectivity index (χ2n) is 5.14. The number of aromatic hydroxyl groups is 1. The molecule has 1 aliphatic rings. The molecule has 1 heterocycles. The lowest BCUT2D eigenvalue weighted by Crippen LogP contribution is -2.45. The maximum atomic E-state index is 11.1. The number of nitro groups is 1. The van der Waals surface area contributed by atoms with Crippen LogP contribution in [0.25, 0.3) is 0 Å². The third kappa shape index (κ3) is 2.76. The third-order valence-corrected chi connectivity index (χ3v) is 3.90. The van der Waals surface area contributed by atoms with Crippen molar-refractivity contribution in [3.63, 3.8) is 0 Å². The summed E-state index contributed by atoms with van der Waals surface area (Å²) in [5.41, 5.74) is 0.981. The van der Waals surface area contributed by atoms with Gasteiger partial charge in [-0.3, -0.25) is 15.0 Å². The Hall–Kier alpha value is -1.66. The SMILES string of the molecule is CC[C@@H](c1ccc(C)c([N+](=O)[O-])c1O)N1CCNCC1. The number of nitrogens with one attached hydrogen (secondary N) is 1. The highest BCUT2D eigenvalue weighted by atomic mass is 16.6. The number of aryl methyl sites for hydroxylation is 1. The van der Waals surface area contributed by atoms with E-state index in [0.717, 1.165) is 32.6 Å². The molecule has 0 aromatic heterocycles. The molecule has 6 nitrogen and oxygen atoms in total. The number of phenolic OH excluding ortho intramolecular Hbond substituents is 1. The second kappa shape index (κ2) is 6.19. The molecule has 1 aromatic rings. The predicted octanol–water partition coefficient (Wildman–Crippen LogP) is 1.97. The van der Waals surface area contributed by atoms with E-state index >= 15 is 0 Å². The van der Waals surface area contributed by atoms with Crippen LogP contribution < -0.4 is 5.32 Å². The maximum absolute atomic E-state index is 11.1. The van der Waals surface area contributed by atoms with E-state index in [4.69, 9.17) is 0 Å². The van der Waals surface area contributed by atoms with E-state index in [9.17, 15) is 15.2 Å². The molecule has 0 aliphatic carbocycles. The van der Waals surface area contributed by atoms with E-state index in [2.05, 4.69) is 10.2 Å². The Bertz CT molecular complexity index is 499. The first-order chi connectivity index (χ1) is 9.56. The van der Waals surface area contributed by atoms with Gasteiger partial charge in [-0.05, 0) is 13.3 Å². The number of piperazine rings is 1. The van der Waals surface area contributed by atoms with Gasteiger partial charge in [0.2, 0.25) is 0 Å². The van der Waals surface area contributed by atoms with E-state index in [1.165, 1.54) is 0 Å². The van der Waals surface area contributed by atoms with Crippen LogP contribution in [-0.4, -0.2) is 41.1 Å². The first kappa shape index (κ1) is 14.7. The highest BCUT2D eigenvalue weighted by molar-refractivity contribution is 5.56. The number of hydrogen-bond acceptors (Lipinski definition) is 5. The first-order valence-corrected chi connectivity index (χ1v) is 6.97. The summed E-state index contributed by atoms with van der Waals surface area (Å²) in [6.07, 6.45) is 0.813. The zero-order valence-corrected chi connectivity index (χ0v) is 11.9. The average molecular weight is 279 g/mol. The van der Waals surface area contributed by atoms with E-state index in [-0.39, 0.29) is 17.5 Å². The van der Waals surface area contributed by atoms with Crippen molar-refractivity contribution in [2.45, 2.75) is 26.3 Å². The molecule has 0 saturated carbocycles. The van der Waals surface area contributed by atoms with E-state index in [0.29, 0.717) is 11.1 Å². The monoisotopic (exact) mass is 279 g/mol. The first-order valence-electron chi connectivity index (χ1n) is 6.97. The zero-order chi connectivity index (χ0) is 14.7. The molecule has 1 fully saturated rings.